The summed E-state index contributed by atoms with van der Waals surface area (Å²) >= 11 is 3.37. The second-order valence-corrected chi connectivity index (χ2v) is 5.19. The first-order chi connectivity index (χ1) is 9.19. The van der Waals surface area contributed by atoms with Crippen molar-refractivity contribution in [2.75, 3.05) is 12.4 Å². The number of nitrogens with zero attached hydrogens (tertiary/aromatic N) is 1. The maximum Gasteiger partial charge on any atom is 0.106 e. The quantitative estimate of drug-likeness (QED) is 0.848. The standard InChI is InChI=1S/C15H17BrN2O/c1-11-14(6-7-15(16)18-11)17-9-12-4-3-5-13(8-12)10-19-2/h3-8,17H,9-10H2,1-2H3. The number of benzene rings is 1. The molecule has 19 heavy (non-hydrogen) atoms. The Bertz CT molecular complexity index is 558. The van der Waals surface area contributed by atoms with Crippen LogP contribution in [0, 0.1) is 6.92 Å². The highest BCUT2D eigenvalue weighted by Crippen LogP contribution is 2.17. The lowest BCUT2D eigenvalue weighted by Gasteiger charge is -2.10. The first kappa shape index (κ1) is 14.0. The van der Waals surface area contributed by atoms with Crippen LogP contribution in [0.5, 0.6) is 0 Å². The molecule has 0 atom stereocenters. The SMILES string of the molecule is COCc1cccc(CNc2ccc(Br)nc2C)c1. The number of anilines is 1. The van der Waals surface area contributed by atoms with E-state index in [1.54, 1.807) is 7.11 Å². The smallest absolute Gasteiger partial charge is 0.106 e. The number of hydrogen-bond acceptors (Lipinski definition) is 3. The lowest BCUT2D eigenvalue weighted by Crippen LogP contribution is -2.02. The average molecular weight is 321 g/mol. The molecule has 0 saturated carbocycles. The number of ether oxygens (including phenoxy) is 1. The molecule has 0 aliphatic heterocycles. The highest BCUT2D eigenvalue weighted by atomic mass is 79.9. The lowest BCUT2D eigenvalue weighted by atomic mass is 10.1. The Hall–Kier alpha value is -1.39. The van der Waals surface area contributed by atoms with E-state index in [1.807, 2.05) is 19.1 Å². The second kappa shape index (κ2) is 6.68. The van der Waals surface area contributed by atoms with Crippen LogP contribution >= 0.6 is 15.9 Å². The van der Waals surface area contributed by atoms with Crippen molar-refractivity contribution in [1.82, 2.24) is 4.98 Å². The van der Waals surface area contributed by atoms with Crippen molar-refractivity contribution in [2.24, 2.45) is 0 Å². The van der Waals surface area contributed by atoms with Crippen LogP contribution in [0.1, 0.15) is 16.8 Å². The van der Waals surface area contributed by atoms with Gasteiger partial charge in [0.05, 0.1) is 18.0 Å². The van der Waals surface area contributed by atoms with E-state index in [1.165, 1.54) is 11.1 Å². The van der Waals surface area contributed by atoms with E-state index >= 15 is 0 Å². The third-order valence-electron chi connectivity index (χ3n) is 2.84. The van der Waals surface area contributed by atoms with Crippen LogP contribution in [0.4, 0.5) is 5.69 Å². The molecule has 0 amide bonds. The van der Waals surface area contributed by atoms with Crippen molar-refractivity contribution in [3.05, 3.63) is 57.8 Å². The molecule has 100 valence electrons. The van der Waals surface area contributed by atoms with Crippen molar-refractivity contribution >= 4 is 21.6 Å². The molecule has 0 bridgehead atoms. The molecular weight excluding hydrogens is 304 g/mol. The maximum atomic E-state index is 5.14. The second-order valence-electron chi connectivity index (χ2n) is 4.37. The van der Waals surface area contributed by atoms with Crippen molar-refractivity contribution in [3.8, 4) is 0 Å². The van der Waals surface area contributed by atoms with E-state index < -0.39 is 0 Å². The van der Waals surface area contributed by atoms with Crippen LogP contribution < -0.4 is 5.32 Å². The molecule has 0 aliphatic rings. The molecule has 1 heterocycles. The van der Waals surface area contributed by atoms with Gasteiger partial charge in [-0.05, 0) is 46.1 Å². The number of methoxy groups -OCH3 is 1. The van der Waals surface area contributed by atoms with E-state index in [4.69, 9.17) is 4.74 Å². The van der Waals surface area contributed by atoms with Gasteiger partial charge in [0.25, 0.3) is 0 Å². The third-order valence-corrected chi connectivity index (χ3v) is 3.28. The first-order valence-electron chi connectivity index (χ1n) is 6.13. The van der Waals surface area contributed by atoms with Crippen molar-refractivity contribution in [3.63, 3.8) is 0 Å². The van der Waals surface area contributed by atoms with Crippen LogP contribution in [0.25, 0.3) is 0 Å². The molecule has 1 N–H and O–H groups in total. The molecule has 2 aromatic rings. The monoisotopic (exact) mass is 320 g/mol. The van der Waals surface area contributed by atoms with E-state index in [-0.39, 0.29) is 0 Å². The molecule has 0 radical (unpaired) electrons. The molecular formula is C15H17BrN2O. The Morgan fingerprint density at radius 3 is 2.74 bits per heavy atom. The van der Waals surface area contributed by atoms with Crippen molar-refractivity contribution in [1.29, 1.82) is 0 Å². The summed E-state index contributed by atoms with van der Waals surface area (Å²) in [5.74, 6) is 0. The summed E-state index contributed by atoms with van der Waals surface area (Å²) in [6, 6.07) is 12.4. The van der Waals surface area contributed by atoms with Gasteiger partial charge in [-0.3, -0.25) is 0 Å². The van der Waals surface area contributed by atoms with Gasteiger partial charge in [0.15, 0.2) is 0 Å². The third kappa shape index (κ3) is 4.04. The van der Waals surface area contributed by atoms with Crippen LogP contribution in [-0.2, 0) is 17.9 Å². The van der Waals surface area contributed by atoms with Crippen molar-refractivity contribution in [2.45, 2.75) is 20.1 Å². The Morgan fingerprint density at radius 2 is 2.00 bits per heavy atom. The zero-order valence-corrected chi connectivity index (χ0v) is 12.7. The van der Waals surface area contributed by atoms with Gasteiger partial charge in [0, 0.05) is 13.7 Å². The first-order valence-corrected chi connectivity index (χ1v) is 6.92. The van der Waals surface area contributed by atoms with Gasteiger partial charge >= 0.3 is 0 Å². The molecule has 0 aliphatic carbocycles. The van der Waals surface area contributed by atoms with Gasteiger partial charge in [-0.1, -0.05) is 24.3 Å². The average Bonchev–Trinajstić information content (AvgIpc) is 2.38. The fraction of sp³-hybridized carbons (Fsp3) is 0.267. The number of halogens is 1. The molecule has 0 unspecified atom stereocenters. The zero-order chi connectivity index (χ0) is 13.7. The molecule has 2 rings (SSSR count). The summed E-state index contributed by atoms with van der Waals surface area (Å²) in [7, 11) is 1.71. The van der Waals surface area contributed by atoms with Gasteiger partial charge in [0.2, 0.25) is 0 Å². The number of aromatic nitrogens is 1. The zero-order valence-electron chi connectivity index (χ0n) is 11.1. The van der Waals surface area contributed by atoms with E-state index in [9.17, 15) is 0 Å². The largest absolute Gasteiger partial charge is 0.380 e. The predicted octanol–water partition coefficient (Wildman–Crippen LogP) is 3.91. The van der Waals surface area contributed by atoms with Crippen LogP contribution in [0.2, 0.25) is 0 Å². The number of nitrogens with one attached hydrogen (secondary N) is 1. The Kier molecular flexibility index (Phi) is 4.93. The summed E-state index contributed by atoms with van der Waals surface area (Å²) in [5.41, 5.74) is 4.46. The van der Waals surface area contributed by atoms with Crippen LogP contribution in [-0.4, -0.2) is 12.1 Å². The molecule has 1 aromatic heterocycles. The molecule has 0 saturated heterocycles. The molecule has 1 aromatic carbocycles. The predicted molar refractivity (Wildman–Crippen MR) is 81.2 cm³/mol. The molecule has 3 nitrogen and oxygen atoms in total. The molecule has 4 heteroatoms. The summed E-state index contributed by atoms with van der Waals surface area (Å²) in [5, 5.41) is 3.40. The highest BCUT2D eigenvalue weighted by molar-refractivity contribution is 9.10. The van der Waals surface area contributed by atoms with E-state index in [0.717, 1.165) is 22.5 Å². The normalized spacial score (nSPS) is 10.5. The fourth-order valence-electron chi connectivity index (χ4n) is 1.91. The van der Waals surface area contributed by atoms with Gasteiger partial charge in [-0.25, -0.2) is 4.98 Å². The van der Waals surface area contributed by atoms with Gasteiger partial charge < -0.3 is 10.1 Å². The Labute approximate surface area is 122 Å². The number of rotatable bonds is 5. The topological polar surface area (TPSA) is 34.1 Å². The molecule has 0 fully saturated rings. The minimum Gasteiger partial charge on any atom is -0.380 e. The number of pyridine rings is 1. The maximum absolute atomic E-state index is 5.14. The lowest BCUT2D eigenvalue weighted by molar-refractivity contribution is 0.185. The summed E-state index contributed by atoms with van der Waals surface area (Å²) < 4.78 is 6.00. The summed E-state index contributed by atoms with van der Waals surface area (Å²) in [6.45, 7) is 3.42. The fourth-order valence-corrected chi connectivity index (χ4v) is 2.31. The van der Waals surface area contributed by atoms with Gasteiger partial charge in [-0.15, -0.1) is 0 Å². The summed E-state index contributed by atoms with van der Waals surface area (Å²) in [6.07, 6.45) is 0. The Morgan fingerprint density at radius 1 is 1.21 bits per heavy atom. The van der Waals surface area contributed by atoms with Gasteiger partial charge in [-0.2, -0.15) is 0 Å². The molecule has 0 spiro atoms. The minimum absolute atomic E-state index is 0.646. The van der Waals surface area contributed by atoms with Crippen LogP contribution in [0.3, 0.4) is 0 Å². The van der Waals surface area contributed by atoms with Crippen LogP contribution in [0.15, 0.2) is 41.0 Å². The van der Waals surface area contributed by atoms with Gasteiger partial charge in [0.1, 0.15) is 4.60 Å². The Balaban J connectivity index is 2.03. The number of hydrogen-bond donors (Lipinski definition) is 1. The highest BCUT2D eigenvalue weighted by Gasteiger charge is 2.01. The minimum atomic E-state index is 0.646. The summed E-state index contributed by atoms with van der Waals surface area (Å²) in [4.78, 5) is 4.37. The number of aryl methyl sites for hydroxylation is 1. The van der Waals surface area contributed by atoms with E-state index in [2.05, 4.69) is 50.5 Å². The van der Waals surface area contributed by atoms with E-state index in [0.29, 0.717) is 6.61 Å². The van der Waals surface area contributed by atoms with Crippen molar-refractivity contribution < 1.29 is 4.74 Å².